The smallest absolute Gasteiger partial charge is 0.121 e. The molecule has 0 bridgehead atoms. The zero-order valence-corrected chi connectivity index (χ0v) is 9.66. The van der Waals surface area contributed by atoms with Crippen molar-refractivity contribution in [1.82, 2.24) is 0 Å². The predicted octanol–water partition coefficient (Wildman–Crippen LogP) is 1.57. The van der Waals surface area contributed by atoms with Crippen molar-refractivity contribution in [3.8, 4) is 5.75 Å². The Morgan fingerprint density at radius 3 is 2.75 bits per heavy atom. The third-order valence-electron chi connectivity index (χ3n) is 3.51. The fourth-order valence-electron chi connectivity index (χ4n) is 2.65. The second kappa shape index (κ2) is 4.44. The Hall–Kier alpha value is -1.06. The highest BCUT2D eigenvalue weighted by molar-refractivity contribution is 5.50. The first-order chi connectivity index (χ1) is 7.65. The maximum absolute atomic E-state index is 9.93. The molecule has 0 aromatic heterocycles. The van der Waals surface area contributed by atoms with Gasteiger partial charge in [-0.3, -0.25) is 0 Å². The van der Waals surface area contributed by atoms with Crippen LogP contribution in [0.4, 0.5) is 0 Å². The molecule has 0 radical (unpaired) electrons. The van der Waals surface area contributed by atoms with E-state index in [-0.39, 0.29) is 12.3 Å². The fourth-order valence-corrected chi connectivity index (χ4v) is 2.65. The summed E-state index contributed by atoms with van der Waals surface area (Å²) in [6, 6.07) is 1.80. The molecule has 88 valence electrons. The van der Waals surface area contributed by atoms with Crippen LogP contribution in [0.25, 0.3) is 0 Å². The van der Waals surface area contributed by atoms with E-state index in [9.17, 15) is 10.2 Å². The van der Waals surface area contributed by atoms with Crippen molar-refractivity contribution < 1.29 is 10.2 Å². The molecule has 1 unspecified atom stereocenters. The van der Waals surface area contributed by atoms with Gasteiger partial charge in [0.2, 0.25) is 0 Å². The van der Waals surface area contributed by atoms with Gasteiger partial charge in [0.15, 0.2) is 0 Å². The summed E-state index contributed by atoms with van der Waals surface area (Å²) in [5, 5.41) is 19.7. The number of phenolic OH excluding ortho intramolecular Hbond substituents is 1. The molecular formula is C13H19NO2. The summed E-state index contributed by atoms with van der Waals surface area (Å²) in [7, 11) is 0. The highest BCUT2D eigenvalue weighted by Gasteiger charge is 2.21. The summed E-state index contributed by atoms with van der Waals surface area (Å²) in [5.74, 6) is 0.191. The van der Waals surface area contributed by atoms with Crippen LogP contribution < -0.4 is 5.73 Å². The standard InChI is InChI=1S/C13H19NO2/c1-8-10-5-3-2-4-9(10)6-11(15)13(8)12(16)7-14/h6,12,15-16H,2-5,7,14H2,1H3. The molecule has 3 heteroatoms. The summed E-state index contributed by atoms with van der Waals surface area (Å²) in [5.41, 5.74) is 9.62. The van der Waals surface area contributed by atoms with Crippen LogP contribution in [-0.4, -0.2) is 16.8 Å². The summed E-state index contributed by atoms with van der Waals surface area (Å²) >= 11 is 0. The van der Waals surface area contributed by atoms with Gasteiger partial charge in [0.25, 0.3) is 0 Å². The Morgan fingerprint density at radius 2 is 2.06 bits per heavy atom. The number of hydrogen-bond acceptors (Lipinski definition) is 3. The molecule has 0 aliphatic heterocycles. The molecule has 0 spiro atoms. The lowest BCUT2D eigenvalue weighted by molar-refractivity contribution is 0.181. The minimum Gasteiger partial charge on any atom is -0.508 e. The van der Waals surface area contributed by atoms with Gasteiger partial charge in [-0.05, 0) is 55.4 Å². The van der Waals surface area contributed by atoms with Crippen LogP contribution in [-0.2, 0) is 12.8 Å². The average molecular weight is 221 g/mol. The molecule has 1 aliphatic carbocycles. The highest BCUT2D eigenvalue weighted by atomic mass is 16.3. The van der Waals surface area contributed by atoms with Crippen molar-refractivity contribution in [2.45, 2.75) is 38.7 Å². The lowest BCUT2D eigenvalue weighted by atomic mass is 9.85. The van der Waals surface area contributed by atoms with Gasteiger partial charge >= 0.3 is 0 Å². The second-order valence-electron chi connectivity index (χ2n) is 4.53. The third-order valence-corrected chi connectivity index (χ3v) is 3.51. The van der Waals surface area contributed by atoms with Gasteiger partial charge in [-0.2, -0.15) is 0 Å². The van der Waals surface area contributed by atoms with E-state index in [4.69, 9.17) is 5.73 Å². The fraction of sp³-hybridized carbons (Fsp3) is 0.538. The Labute approximate surface area is 95.9 Å². The van der Waals surface area contributed by atoms with Gasteiger partial charge in [0, 0.05) is 12.1 Å². The minimum absolute atomic E-state index is 0.146. The van der Waals surface area contributed by atoms with Crippen molar-refractivity contribution in [1.29, 1.82) is 0 Å². The van der Waals surface area contributed by atoms with E-state index in [1.54, 1.807) is 6.07 Å². The number of aryl methyl sites for hydroxylation is 1. The Morgan fingerprint density at radius 1 is 1.38 bits per heavy atom. The number of phenols is 1. The zero-order valence-electron chi connectivity index (χ0n) is 9.66. The number of aliphatic hydroxyl groups is 1. The molecule has 1 aromatic rings. The van der Waals surface area contributed by atoms with Gasteiger partial charge < -0.3 is 15.9 Å². The highest BCUT2D eigenvalue weighted by Crippen LogP contribution is 2.35. The normalized spacial score (nSPS) is 16.9. The van der Waals surface area contributed by atoms with E-state index >= 15 is 0 Å². The Kier molecular flexibility index (Phi) is 3.17. The van der Waals surface area contributed by atoms with Gasteiger partial charge in [-0.1, -0.05) is 0 Å². The summed E-state index contributed by atoms with van der Waals surface area (Å²) < 4.78 is 0. The number of aromatic hydroxyl groups is 1. The van der Waals surface area contributed by atoms with Crippen LogP contribution in [0.2, 0.25) is 0 Å². The first-order valence-corrected chi connectivity index (χ1v) is 5.87. The maximum atomic E-state index is 9.93. The van der Waals surface area contributed by atoms with Crippen LogP contribution >= 0.6 is 0 Å². The average Bonchev–Trinajstić information content (AvgIpc) is 2.28. The van der Waals surface area contributed by atoms with Crippen molar-refractivity contribution in [2.75, 3.05) is 6.54 Å². The lowest BCUT2D eigenvalue weighted by Gasteiger charge is -2.23. The van der Waals surface area contributed by atoms with Crippen LogP contribution in [0, 0.1) is 6.92 Å². The molecule has 0 heterocycles. The summed E-state index contributed by atoms with van der Waals surface area (Å²) in [6.45, 7) is 2.12. The SMILES string of the molecule is Cc1c2c(cc(O)c1C(O)CN)CCCC2. The number of benzene rings is 1. The molecular weight excluding hydrogens is 202 g/mol. The van der Waals surface area contributed by atoms with E-state index in [0.29, 0.717) is 5.56 Å². The molecule has 0 saturated carbocycles. The van der Waals surface area contributed by atoms with Gasteiger partial charge in [-0.25, -0.2) is 0 Å². The largest absolute Gasteiger partial charge is 0.508 e. The van der Waals surface area contributed by atoms with E-state index in [2.05, 4.69) is 0 Å². The topological polar surface area (TPSA) is 66.5 Å². The summed E-state index contributed by atoms with van der Waals surface area (Å²) in [6.07, 6.45) is 3.70. The van der Waals surface area contributed by atoms with E-state index < -0.39 is 6.10 Å². The number of nitrogens with two attached hydrogens (primary N) is 1. The number of rotatable bonds is 2. The molecule has 0 saturated heterocycles. The molecule has 3 nitrogen and oxygen atoms in total. The molecule has 0 amide bonds. The van der Waals surface area contributed by atoms with E-state index in [1.807, 2.05) is 6.92 Å². The summed E-state index contributed by atoms with van der Waals surface area (Å²) in [4.78, 5) is 0. The zero-order chi connectivity index (χ0) is 11.7. The van der Waals surface area contributed by atoms with E-state index in [1.165, 1.54) is 24.0 Å². The lowest BCUT2D eigenvalue weighted by Crippen LogP contribution is -2.15. The van der Waals surface area contributed by atoms with Crippen LogP contribution in [0.5, 0.6) is 5.75 Å². The van der Waals surface area contributed by atoms with Crippen molar-refractivity contribution in [3.63, 3.8) is 0 Å². The first kappa shape index (κ1) is 11.4. The number of hydrogen-bond donors (Lipinski definition) is 3. The molecule has 0 fully saturated rings. The van der Waals surface area contributed by atoms with Crippen molar-refractivity contribution in [3.05, 3.63) is 28.3 Å². The molecule has 4 N–H and O–H groups in total. The third kappa shape index (κ3) is 1.81. The van der Waals surface area contributed by atoms with Crippen LogP contribution in [0.15, 0.2) is 6.07 Å². The molecule has 1 aliphatic rings. The van der Waals surface area contributed by atoms with Gasteiger partial charge in [0.1, 0.15) is 5.75 Å². The number of aliphatic hydroxyl groups excluding tert-OH is 1. The van der Waals surface area contributed by atoms with Crippen LogP contribution in [0.1, 0.15) is 41.2 Å². The van der Waals surface area contributed by atoms with Crippen LogP contribution in [0.3, 0.4) is 0 Å². The molecule has 16 heavy (non-hydrogen) atoms. The Bertz CT molecular complexity index is 401. The van der Waals surface area contributed by atoms with Crippen molar-refractivity contribution >= 4 is 0 Å². The molecule has 2 rings (SSSR count). The second-order valence-corrected chi connectivity index (χ2v) is 4.53. The van der Waals surface area contributed by atoms with Crippen molar-refractivity contribution in [2.24, 2.45) is 5.73 Å². The quantitative estimate of drug-likeness (QED) is 0.710. The molecule has 1 aromatic carbocycles. The predicted molar refractivity (Wildman–Crippen MR) is 63.5 cm³/mol. The van der Waals surface area contributed by atoms with E-state index in [0.717, 1.165) is 18.4 Å². The monoisotopic (exact) mass is 221 g/mol. The van der Waals surface area contributed by atoms with Gasteiger partial charge in [0.05, 0.1) is 6.10 Å². The van der Waals surface area contributed by atoms with Gasteiger partial charge in [-0.15, -0.1) is 0 Å². The first-order valence-electron chi connectivity index (χ1n) is 5.87. The number of fused-ring (bicyclic) bond motifs is 1. The minimum atomic E-state index is -0.757. The Balaban J connectivity index is 2.54. The maximum Gasteiger partial charge on any atom is 0.121 e. The molecule has 1 atom stereocenters.